The van der Waals surface area contributed by atoms with Crippen LogP contribution in [0.5, 0.6) is 5.75 Å². The molecule has 0 unspecified atom stereocenters. The molecule has 1 amide bonds. The van der Waals surface area contributed by atoms with E-state index in [-0.39, 0.29) is 54.0 Å². The van der Waals surface area contributed by atoms with Gasteiger partial charge in [-0.15, -0.1) is 0 Å². The number of nitrogens with one attached hydrogen (secondary N) is 1. The number of aliphatic hydroxyl groups excluding tert-OH is 1. The number of amides is 1. The largest absolute Gasteiger partial charge is 0.491 e. The van der Waals surface area contributed by atoms with Gasteiger partial charge in [0.05, 0.1) is 24.8 Å². The lowest BCUT2D eigenvalue weighted by molar-refractivity contribution is 0.0857. The van der Waals surface area contributed by atoms with Crippen LogP contribution in [0.1, 0.15) is 59.1 Å². The van der Waals surface area contributed by atoms with Crippen molar-refractivity contribution in [1.82, 2.24) is 14.5 Å². The second-order valence-corrected chi connectivity index (χ2v) is 8.88. The topological polar surface area (TPSA) is 103 Å². The van der Waals surface area contributed by atoms with E-state index in [1.165, 1.54) is 4.57 Å². The molecule has 1 saturated carbocycles. The van der Waals surface area contributed by atoms with E-state index >= 15 is 0 Å². The molecule has 0 radical (unpaired) electrons. The molecule has 1 aliphatic carbocycles. The Morgan fingerprint density at radius 2 is 1.82 bits per heavy atom. The van der Waals surface area contributed by atoms with E-state index in [1.807, 2.05) is 12.1 Å². The molecule has 1 aromatic carbocycles. The number of ketones is 1. The van der Waals surface area contributed by atoms with Gasteiger partial charge in [0.15, 0.2) is 17.2 Å². The molecule has 0 bridgehead atoms. The molecule has 3 aromatic rings. The maximum absolute atomic E-state index is 13.6. The quantitative estimate of drug-likeness (QED) is 0.523. The molecule has 2 N–H and O–H groups in total. The molecule has 180 valence electrons. The molecule has 1 fully saturated rings. The van der Waals surface area contributed by atoms with Crippen molar-refractivity contribution in [1.29, 1.82) is 0 Å². The third-order valence-electron chi connectivity index (χ3n) is 6.56. The van der Waals surface area contributed by atoms with Crippen molar-refractivity contribution in [2.24, 2.45) is 7.05 Å². The smallest absolute Gasteiger partial charge is 0.272 e. The van der Waals surface area contributed by atoms with E-state index in [4.69, 9.17) is 4.74 Å². The number of hydrogen-bond acceptors (Lipinski definition) is 5. The summed E-state index contributed by atoms with van der Waals surface area (Å²) >= 11 is 0. The number of pyridine rings is 1. The van der Waals surface area contributed by atoms with Crippen LogP contribution in [0.4, 0.5) is 0 Å². The van der Waals surface area contributed by atoms with Crippen LogP contribution < -0.4 is 15.6 Å². The van der Waals surface area contributed by atoms with Crippen molar-refractivity contribution in [3.05, 3.63) is 63.7 Å². The van der Waals surface area contributed by atoms with E-state index in [2.05, 4.69) is 5.32 Å². The fourth-order valence-corrected chi connectivity index (χ4v) is 4.69. The van der Waals surface area contributed by atoms with Gasteiger partial charge in [0.2, 0.25) is 0 Å². The molecule has 0 aliphatic heterocycles. The van der Waals surface area contributed by atoms with Gasteiger partial charge >= 0.3 is 0 Å². The summed E-state index contributed by atoms with van der Waals surface area (Å²) in [4.78, 5) is 39.7. The molecule has 1 aliphatic rings. The van der Waals surface area contributed by atoms with Crippen molar-refractivity contribution >= 4 is 22.6 Å². The Labute approximate surface area is 198 Å². The van der Waals surface area contributed by atoms with Crippen molar-refractivity contribution in [2.75, 3.05) is 6.61 Å². The number of aliphatic hydroxyl groups is 1. The highest BCUT2D eigenvalue weighted by molar-refractivity contribution is 6.04. The van der Waals surface area contributed by atoms with Gasteiger partial charge in [-0.25, -0.2) is 0 Å². The van der Waals surface area contributed by atoms with Gasteiger partial charge in [-0.05, 0) is 45.6 Å². The lowest BCUT2D eigenvalue weighted by atomic mass is 9.93. The number of rotatable bonds is 7. The number of Topliss-reactive ketones (excluding diaryl/α,β-unsaturated/α-hetero) is 1. The van der Waals surface area contributed by atoms with Gasteiger partial charge in [-0.2, -0.15) is 0 Å². The van der Waals surface area contributed by atoms with Crippen LogP contribution in [0.2, 0.25) is 0 Å². The average molecular weight is 466 g/mol. The van der Waals surface area contributed by atoms with Gasteiger partial charge in [-0.3, -0.25) is 14.4 Å². The van der Waals surface area contributed by atoms with Crippen LogP contribution in [-0.4, -0.2) is 44.7 Å². The predicted octanol–water partition coefficient (Wildman–Crippen LogP) is 2.96. The van der Waals surface area contributed by atoms with Gasteiger partial charge in [0.25, 0.3) is 11.5 Å². The zero-order valence-corrected chi connectivity index (χ0v) is 19.8. The van der Waals surface area contributed by atoms with Crippen LogP contribution >= 0.6 is 0 Å². The zero-order chi connectivity index (χ0) is 24.4. The molecular formula is C26H31N3O5. The molecule has 8 nitrogen and oxygen atoms in total. The van der Waals surface area contributed by atoms with Crippen LogP contribution in [0.15, 0.2) is 41.2 Å². The summed E-state index contributed by atoms with van der Waals surface area (Å²) in [5.74, 6) is -0.247. The first kappa shape index (κ1) is 23.8. The van der Waals surface area contributed by atoms with Crippen LogP contribution in [0.3, 0.4) is 0 Å². The SMILES string of the molecule is CCOc1c(C(=O)N[C@H]2CC[C@H](O)CC2)n(C)c2cc(C)n(CC(=O)c3ccccc3)c(=O)c12. The number of aryl methyl sites for hydroxylation is 2. The van der Waals surface area contributed by atoms with Gasteiger partial charge in [0, 0.05) is 24.3 Å². The summed E-state index contributed by atoms with van der Waals surface area (Å²) in [6.45, 7) is 3.76. The summed E-state index contributed by atoms with van der Waals surface area (Å²) in [7, 11) is 1.74. The Kier molecular flexibility index (Phi) is 6.88. The summed E-state index contributed by atoms with van der Waals surface area (Å²) in [5.41, 5.74) is 1.66. The lowest BCUT2D eigenvalue weighted by Gasteiger charge is -2.26. The Bertz CT molecular complexity index is 1270. The summed E-state index contributed by atoms with van der Waals surface area (Å²) in [5, 5.41) is 13.1. The Morgan fingerprint density at radius 3 is 2.47 bits per heavy atom. The van der Waals surface area contributed by atoms with Gasteiger partial charge < -0.3 is 24.3 Å². The number of ether oxygens (including phenoxy) is 1. The Balaban J connectivity index is 1.75. The van der Waals surface area contributed by atoms with E-state index in [9.17, 15) is 19.5 Å². The number of carbonyl (C=O) groups is 2. The lowest BCUT2D eigenvalue weighted by Crippen LogP contribution is -2.39. The highest BCUT2D eigenvalue weighted by atomic mass is 16.5. The molecule has 2 aromatic heterocycles. The van der Waals surface area contributed by atoms with Crippen molar-refractivity contribution < 1.29 is 19.4 Å². The fourth-order valence-electron chi connectivity index (χ4n) is 4.69. The number of nitrogens with zero attached hydrogens (tertiary/aromatic N) is 2. The Morgan fingerprint density at radius 1 is 1.15 bits per heavy atom. The van der Waals surface area contributed by atoms with E-state index in [0.717, 1.165) is 0 Å². The second-order valence-electron chi connectivity index (χ2n) is 8.88. The number of benzene rings is 1. The second kappa shape index (κ2) is 9.85. The fraction of sp³-hybridized carbons (Fsp3) is 0.423. The monoisotopic (exact) mass is 465 g/mol. The maximum atomic E-state index is 13.6. The van der Waals surface area contributed by atoms with Gasteiger partial charge in [0.1, 0.15) is 5.39 Å². The number of hydrogen-bond donors (Lipinski definition) is 2. The minimum absolute atomic E-state index is 0.0368. The first-order valence-corrected chi connectivity index (χ1v) is 11.7. The molecular weight excluding hydrogens is 434 g/mol. The van der Waals surface area contributed by atoms with Crippen molar-refractivity contribution in [3.8, 4) is 5.75 Å². The Hall–Kier alpha value is -3.39. The third kappa shape index (κ3) is 4.50. The molecule has 34 heavy (non-hydrogen) atoms. The summed E-state index contributed by atoms with van der Waals surface area (Å²) in [6, 6.07) is 10.6. The van der Waals surface area contributed by atoms with Gasteiger partial charge in [-0.1, -0.05) is 30.3 Å². The highest BCUT2D eigenvalue weighted by Gasteiger charge is 2.29. The molecule has 2 heterocycles. The van der Waals surface area contributed by atoms with E-state index in [0.29, 0.717) is 47.8 Å². The van der Waals surface area contributed by atoms with E-state index in [1.54, 1.807) is 49.7 Å². The molecule has 0 spiro atoms. The van der Waals surface area contributed by atoms with Crippen molar-refractivity contribution in [2.45, 2.75) is 58.2 Å². The first-order valence-electron chi connectivity index (χ1n) is 11.7. The van der Waals surface area contributed by atoms with Crippen LogP contribution in [0.25, 0.3) is 10.9 Å². The molecule has 0 atom stereocenters. The molecule has 8 heteroatoms. The highest BCUT2D eigenvalue weighted by Crippen LogP contribution is 2.31. The summed E-state index contributed by atoms with van der Waals surface area (Å²) < 4.78 is 8.96. The molecule has 4 rings (SSSR count). The van der Waals surface area contributed by atoms with Crippen molar-refractivity contribution in [3.63, 3.8) is 0 Å². The normalized spacial score (nSPS) is 18.1. The van der Waals surface area contributed by atoms with Crippen LogP contribution in [0, 0.1) is 6.92 Å². The third-order valence-corrected chi connectivity index (χ3v) is 6.56. The minimum Gasteiger partial charge on any atom is -0.491 e. The predicted molar refractivity (Wildman–Crippen MR) is 130 cm³/mol. The minimum atomic E-state index is -0.363. The van der Waals surface area contributed by atoms with E-state index < -0.39 is 0 Å². The molecule has 0 saturated heterocycles. The number of carbonyl (C=O) groups excluding carboxylic acids is 2. The zero-order valence-electron chi connectivity index (χ0n) is 19.8. The summed E-state index contributed by atoms with van der Waals surface area (Å²) in [6.07, 6.45) is 2.39. The first-order chi connectivity index (χ1) is 16.3. The average Bonchev–Trinajstić information content (AvgIpc) is 3.10. The maximum Gasteiger partial charge on any atom is 0.272 e. The number of aromatic nitrogens is 2. The number of fused-ring (bicyclic) bond motifs is 1. The standard InChI is InChI=1S/C26H31N3O5/c1-4-34-24-22-20(28(3)23(24)25(32)27-18-10-12-19(30)13-11-18)14-16(2)29(26(22)33)15-21(31)17-8-6-5-7-9-17/h5-9,14,18-19,30H,4,10-13,15H2,1-3H3,(H,27,32)/t18-,19-. The van der Waals surface area contributed by atoms with Crippen LogP contribution in [-0.2, 0) is 13.6 Å².